The molecular weight excluding hydrogens is 312 g/mol. The van der Waals surface area contributed by atoms with Gasteiger partial charge in [-0.1, -0.05) is 0 Å². The maximum absolute atomic E-state index is 7.75. The smallest absolute Gasteiger partial charge is 0 e. The van der Waals surface area contributed by atoms with Crippen LogP contribution in [0.15, 0.2) is 0 Å². The van der Waals surface area contributed by atoms with Crippen molar-refractivity contribution in [1.82, 2.24) is 0 Å². The predicted molar refractivity (Wildman–Crippen MR) is 33.8 cm³/mol. The zero-order chi connectivity index (χ0) is 8.12. The molecule has 0 aliphatic heterocycles. The van der Waals surface area contributed by atoms with E-state index in [1.54, 1.807) is 0 Å². The van der Waals surface area contributed by atoms with Gasteiger partial charge >= 0.3 is 0 Å². The van der Waals surface area contributed by atoms with E-state index in [2.05, 4.69) is 26.8 Å². The molecule has 4 heteroatoms. The largest absolute Gasteiger partial charge is 0.545 e. The molecule has 0 unspecified atom stereocenters. The van der Waals surface area contributed by atoms with Crippen LogP contribution in [0.4, 0.5) is 0 Å². The quantitative estimate of drug-likeness (QED) is 0.472. The minimum Gasteiger partial charge on any atom is -0.545 e. The van der Waals surface area contributed by atoms with Crippen LogP contribution in [0.1, 0.15) is 12.8 Å². The molecule has 1 aliphatic carbocycles. The molecule has 0 atom stereocenters. The zero-order valence-corrected chi connectivity index (χ0v) is 7.68. The van der Waals surface area contributed by atoms with E-state index >= 15 is 0 Å². The van der Waals surface area contributed by atoms with Crippen LogP contribution >= 0.6 is 0 Å². The summed E-state index contributed by atoms with van der Waals surface area (Å²) in [4.78, 5) is 23.2. The molecule has 0 saturated heterocycles. The van der Waals surface area contributed by atoms with Crippen LogP contribution in [0.5, 0.6) is 0 Å². The Bertz CT molecular complexity index is 34.5. The van der Waals surface area contributed by atoms with Gasteiger partial charge in [-0.2, -0.15) is 0 Å². The molecule has 0 aromatic heterocycles. The van der Waals surface area contributed by atoms with Gasteiger partial charge in [0.15, 0.2) is 0 Å². The van der Waals surface area contributed by atoms with Crippen molar-refractivity contribution in [3.63, 3.8) is 0 Å². The molecule has 0 amide bonds. The number of hydrogen-bond acceptors (Lipinski definition) is 3. The van der Waals surface area contributed by atoms with Crippen molar-refractivity contribution in [2.24, 2.45) is 0 Å². The predicted octanol–water partition coefficient (Wildman–Crippen LogP) is 0.160. The van der Waals surface area contributed by atoms with Crippen LogP contribution < -0.4 is 0 Å². The molecule has 1 aliphatic rings. The fraction of sp³-hybridized carbons (Fsp3) is 0.333. The second kappa shape index (κ2) is 71.8. The molecule has 1 saturated carbocycles. The summed E-state index contributed by atoms with van der Waals surface area (Å²) >= 11 is 0. The van der Waals surface area contributed by atoms with Gasteiger partial charge in [-0.05, 0) is 0 Å². The monoisotopic (exact) mass is 321 g/mol. The molecule has 1 rings (SSSR count). The van der Waals surface area contributed by atoms with E-state index in [0.717, 1.165) is 0 Å². The van der Waals surface area contributed by atoms with Gasteiger partial charge in [0.2, 0.25) is 0 Å². The second-order valence-electron chi connectivity index (χ2n) is 0.866. The SMILES string of the molecule is [CH-]1CC1.[CH-]=O.[CH-]=O.[CH-]=O.[Ir]. The average Bonchev–Trinajstić information content (AvgIpc) is 2.84. The van der Waals surface area contributed by atoms with Crippen LogP contribution in [0, 0.1) is 6.42 Å². The standard InChI is InChI=1S/C3H5.3CHO.Ir/c1-2-3-1;3*1-2;/h1H,2-3H2;3*1H;/q4*-1;. The zero-order valence-electron chi connectivity index (χ0n) is 5.28. The van der Waals surface area contributed by atoms with Gasteiger partial charge in [-0.15, -0.1) is 0 Å². The molecule has 0 aromatic rings. The molecule has 10 heavy (non-hydrogen) atoms. The first kappa shape index (κ1) is 22.6. The van der Waals surface area contributed by atoms with E-state index in [1.165, 1.54) is 12.8 Å². The molecule has 63 valence electrons. The molecular formula is C6H8IrO3-4. The van der Waals surface area contributed by atoms with E-state index in [9.17, 15) is 0 Å². The molecule has 0 heterocycles. The molecule has 1 radical (unpaired) electrons. The minimum absolute atomic E-state index is 0. The molecule has 0 bridgehead atoms. The Labute approximate surface area is 74.5 Å². The van der Waals surface area contributed by atoms with Crippen LogP contribution in [0.25, 0.3) is 0 Å². The van der Waals surface area contributed by atoms with Gasteiger partial charge in [-0.25, -0.2) is 12.8 Å². The van der Waals surface area contributed by atoms with Crippen LogP contribution in [-0.4, -0.2) is 20.4 Å². The van der Waals surface area contributed by atoms with Crippen LogP contribution in [0.2, 0.25) is 0 Å². The van der Waals surface area contributed by atoms with Crippen molar-refractivity contribution in [2.45, 2.75) is 12.8 Å². The molecule has 1 fully saturated rings. The third-order valence-corrected chi connectivity index (χ3v) is 0.289. The summed E-state index contributed by atoms with van der Waals surface area (Å²) in [5.41, 5.74) is 0. The van der Waals surface area contributed by atoms with Crippen molar-refractivity contribution < 1.29 is 34.5 Å². The average molecular weight is 320 g/mol. The van der Waals surface area contributed by atoms with Crippen molar-refractivity contribution in [1.29, 1.82) is 0 Å². The Morgan fingerprint density at radius 2 is 0.900 bits per heavy atom. The maximum atomic E-state index is 7.75. The fourth-order valence-electron chi connectivity index (χ4n) is 0. The number of hydrogen-bond donors (Lipinski definition) is 0. The molecule has 3 nitrogen and oxygen atoms in total. The maximum Gasteiger partial charge on any atom is 0 e. The summed E-state index contributed by atoms with van der Waals surface area (Å²) in [6.45, 7) is 9.75. The Kier molecular flexibility index (Phi) is 162. The van der Waals surface area contributed by atoms with E-state index in [0.29, 0.717) is 0 Å². The fourth-order valence-corrected chi connectivity index (χ4v) is 0. The van der Waals surface area contributed by atoms with Crippen molar-refractivity contribution >= 4 is 20.4 Å². The van der Waals surface area contributed by atoms with Gasteiger partial charge in [0.25, 0.3) is 0 Å². The first-order chi connectivity index (χ1) is 4.50. The first-order valence-corrected chi connectivity index (χ1v) is 2.02. The Balaban J connectivity index is -0.0000000241. The minimum atomic E-state index is 0. The molecule has 0 aromatic carbocycles. The van der Waals surface area contributed by atoms with Crippen molar-refractivity contribution in [2.75, 3.05) is 0 Å². The third kappa shape index (κ3) is 781. The summed E-state index contributed by atoms with van der Waals surface area (Å²) in [6.07, 6.45) is 5.00. The summed E-state index contributed by atoms with van der Waals surface area (Å²) < 4.78 is 0. The van der Waals surface area contributed by atoms with E-state index in [1.807, 2.05) is 0 Å². The Morgan fingerprint density at radius 3 is 0.900 bits per heavy atom. The van der Waals surface area contributed by atoms with Gasteiger partial charge in [0, 0.05) is 20.1 Å². The summed E-state index contributed by atoms with van der Waals surface area (Å²) in [5.74, 6) is 0. The topological polar surface area (TPSA) is 51.2 Å². The van der Waals surface area contributed by atoms with Crippen molar-refractivity contribution in [3.05, 3.63) is 6.42 Å². The van der Waals surface area contributed by atoms with Gasteiger partial charge in [0.05, 0.1) is 0 Å². The normalized spacial score (nSPS) is 8.40. The van der Waals surface area contributed by atoms with Crippen LogP contribution in [-0.2, 0) is 34.5 Å². The second-order valence-corrected chi connectivity index (χ2v) is 0.866. The summed E-state index contributed by atoms with van der Waals surface area (Å²) in [7, 11) is 0. The summed E-state index contributed by atoms with van der Waals surface area (Å²) in [6, 6.07) is 0. The van der Waals surface area contributed by atoms with E-state index < -0.39 is 0 Å². The third-order valence-electron chi connectivity index (χ3n) is 0.289. The molecule has 0 N–H and O–H groups in total. The van der Waals surface area contributed by atoms with Gasteiger partial charge in [-0.3, -0.25) is 20.4 Å². The van der Waals surface area contributed by atoms with Crippen LogP contribution in [0.3, 0.4) is 0 Å². The Hall–Kier alpha value is -0.341. The van der Waals surface area contributed by atoms with Crippen molar-refractivity contribution in [3.8, 4) is 0 Å². The number of rotatable bonds is 0. The van der Waals surface area contributed by atoms with Gasteiger partial charge < -0.3 is 20.8 Å². The van der Waals surface area contributed by atoms with Gasteiger partial charge in [0.1, 0.15) is 0 Å². The van der Waals surface area contributed by atoms with E-state index in [-0.39, 0.29) is 20.1 Å². The van der Waals surface area contributed by atoms with E-state index in [4.69, 9.17) is 14.4 Å². The molecule has 0 spiro atoms. The first-order valence-electron chi connectivity index (χ1n) is 2.02. The Morgan fingerprint density at radius 1 is 0.800 bits per heavy atom. The summed E-state index contributed by atoms with van der Waals surface area (Å²) in [5, 5.41) is 0. The number of carbonyl (C=O) groups excluding carboxylic acids is 3.